The number of carbonyl (C=O) groups is 2. The topological polar surface area (TPSA) is 61.4 Å². The lowest BCUT2D eigenvalue weighted by Crippen LogP contribution is -2.36. The Bertz CT molecular complexity index is 1180. The predicted octanol–water partition coefficient (Wildman–Crippen LogP) is 4.67. The van der Waals surface area contributed by atoms with Crippen LogP contribution in [0.15, 0.2) is 79.0 Å². The van der Waals surface area contributed by atoms with Crippen molar-refractivity contribution in [1.82, 2.24) is 10.2 Å². The SMILES string of the molecule is O=C1NC(=O)c2ccc(-c3ccccc3)cc2/C1=C/Nc1ccc(CN2CCCC2)cc1. The van der Waals surface area contributed by atoms with E-state index in [2.05, 4.69) is 27.7 Å². The molecule has 0 radical (unpaired) electrons. The maximum atomic E-state index is 12.6. The summed E-state index contributed by atoms with van der Waals surface area (Å²) >= 11 is 0. The van der Waals surface area contributed by atoms with Gasteiger partial charge in [0.25, 0.3) is 11.8 Å². The average molecular weight is 424 g/mol. The lowest BCUT2D eigenvalue weighted by atomic mass is 9.91. The van der Waals surface area contributed by atoms with E-state index in [9.17, 15) is 9.59 Å². The van der Waals surface area contributed by atoms with E-state index in [1.807, 2.05) is 54.6 Å². The predicted molar refractivity (Wildman–Crippen MR) is 127 cm³/mol. The molecule has 2 heterocycles. The van der Waals surface area contributed by atoms with Crippen LogP contribution in [-0.2, 0) is 11.3 Å². The third kappa shape index (κ3) is 4.20. The van der Waals surface area contributed by atoms with Crippen molar-refractivity contribution >= 4 is 23.1 Å². The zero-order valence-electron chi connectivity index (χ0n) is 17.8. The molecule has 160 valence electrons. The molecule has 0 unspecified atom stereocenters. The maximum absolute atomic E-state index is 12.6. The molecule has 32 heavy (non-hydrogen) atoms. The molecule has 2 amide bonds. The van der Waals surface area contributed by atoms with Crippen LogP contribution < -0.4 is 10.6 Å². The molecule has 0 aliphatic carbocycles. The number of hydrogen-bond donors (Lipinski definition) is 2. The fraction of sp³-hybridized carbons (Fsp3) is 0.185. The molecular weight excluding hydrogens is 398 g/mol. The van der Waals surface area contributed by atoms with Crippen LogP contribution in [0.4, 0.5) is 5.69 Å². The van der Waals surface area contributed by atoms with Crippen LogP contribution in [0.25, 0.3) is 16.7 Å². The lowest BCUT2D eigenvalue weighted by molar-refractivity contribution is -0.114. The highest BCUT2D eigenvalue weighted by atomic mass is 16.2. The molecule has 1 saturated heterocycles. The Morgan fingerprint density at radius 1 is 0.812 bits per heavy atom. The summed E-state index contributed by atoms with van der Waals surface area (Å²) in [5, 5.41) is 5.67. The van der Waals surface area contributed by atoms with E-state index < -0.39 is 5.91 Å². The van der Waals surface area contributed by atoms with Crippen LogP contribution in [0.1, 0.15) is 34.3 Å². The minimum atomic E-state index is -0.397. The van der Waals surface area contributed by atoms with Gasteiger partial charge in [-0.05, 0) is 66.9 Å². The molecule has 5 heteroatoms. The first kappa shape index (κ1) is 20.2. The number of nitrogens with one attached hydrogen (secondary N) is 2. The van der Waals surface area contributed by atoms with Gasteiger partial charge in [0, 0.05) is 29.6 Å². The van der Waals surface area contributed by atoms with Gasteiger partial charge in [-0.3, -0.25) is 19.8 Å². The van der Waals surface area contributed by atoms with E-state index in [4.69, 9.17) is 0 Å². The van der Waals surface area contributed by atoms with Crippen molar-refractivity contribution in [3.63, 3.8) is 0 Å². The Morgan fingerprint density at radius 2 is 1.56 bits per heavy atom. The first-order valence-corrected chi connectivity index (χ1v) is 11.0. The summed E-state index contributed by atoms with van der Waals surface area (Å²) < 4.78 is 0. The molecule has 3 aromatic carbocycles. The van der Waals surface area contributed by atoms with E-state index in [0.29, 0.717) is 16.7 Å². The van der Waals surface area contributed by atoms with Crippen LogP contribution in [0.2, 0.25) is 0 Å². The number of fused-ring (bicyclic) bond motifs is 1. The number of nitrogens with zero attached hydrogens (tertiary/aromatic N) is 1. The van der Waals surface area contributed by atoms with Gasteiger partial charge in [0.15, 0.2) is 0 Å². The Balaban J connectivity index is 1.40. The second-order valence-corrected chi connectivity index (χ2v) is 8.29. The minimum absolute atomic E-state index is 0.368. The van der Waals surface area contributed by atoms with Crippen LogP contribution >= 0.6 is 0 Å². The van der Waals surface area contributed by atoms with Crippen LogP contribution in [0.5, 0.6) is 0 Å². The fourth-order valence-corrected chi connectivity index (χ4v) is 4.34. The molecular formula is C27H25N3O2. The van der Waals surface area contributed by atoms with E-state index in [0.717, 1.165) is 23.4 Å². The van der Waals surface area contributed by atoms with Gasteiger partial charge in [0.05, 0.1) is 5.57 Å². The summed E-state index contributed by atoms with van der Waals surface area (Å²) in [7, 11) is 0. The molecule has 5 rings (SSSR count). The quantitative estimate of drug-likeness (QED) is 0.462. The highest BCUT2D eigenvalue weighted by Gasteiger charge is 2.27. The molecule has 1 fully saturated rings. The van der Waals surface area contributed by atoms with Gasteiger partial charge in [-0.15, -0.1) is 0 Å². The average Bonchev–Trinajstić information content (AvgIpc) is 3.33. The summed E-state index contributed by atoms with van der Waals surface area (Å²) in [6, 6.07) is 23.8. The molecule has 2 N–H and O–H groups in total. The summed E-state index contributed by atoms with van der Waals surface area (Å²) in [6.45, 7) is 3.32. The standard InChI is InChI=1S/C27H25N3O2/c31-26-23-13-10-21(20-6-2-1-3-7-20)16-24(23)25(27(32)29-26)17-28-22-11-8-19(9-12-22)18-30-14-4-5-15-30/h1-3,6-13,16-17,28H,4-5,14-15,18H2,(H,29,31,32)/b25-17-. The number of carbonyl (C=O) groups excluding carboxylic acids is 2. The van der Waals surface area contributed by atoms with Crippen molar-refractivity contribution in [1.29, 1.82) is 0 Å². The van der Waals surface area contributed by atoms with Crippen LogP contribution in [0.3, 0.4) is 0 Å². The van der Waals surface area contributed by atoms with Crippen molar-refractivity contribution in [3.05, 3.63) is 95.7 Å². The largest absolute Gasteiger partial charge is 0.361 e. The van der Waals surface area contributed by atoms with Crippen molar-refractivity contribution in [2.24, 2.45) is 0 Å². The van der Waals surface area contributed by atoms with Gasteiger partial charge >= 0.3 is 0 Å². The number of rotatable bonds is 5. The van der Waals surface area contributed by atoms with E-state index in [-0.39, 0.29) is 5.91 Å². The highest BCUT2D eigenvalue weighted by Crippen LogP contribution is 2.30. The Hall–Kier alpha value is -3.70. The third-order valence-corrected chi connectivity index (χ3v) is 6.08. The third-order valence-electron chi connectivity index (χ3n) is 6.08. The van der Waals surface area contributed by atoms with Crippen molar-refractivity contribution in [2.45, 2.75) is 19.4 Å². The molecule has 5 nitrogen and oxygen atoms in total. The normalized spacial score (nSPS) is 17.3. The van der Waals surface area contributed by atoms with Crippen molar-refractivity contribution < 1.29 is 9.59 Å². The molecule has 2 aliphatic rings. The Labute approximate surface area is 187 Å². The van der Waals surface area contributed by atoms with E-state index >= 15 is 0 Å². The Kier molecular flexibility index (Phi) is 5.57. The number of likely N-dealkylation sites (tertiary alicyclic amines) is 1. The first-order valence-electron chi connectivity index (χ1n) is 11.0. The van der Waals surface area contributed by atoms with Crippen LogP contribution in [-0.4, -0.2) is 29.8 Å². The summed E-state index contributed by atoms with van der Waals surface area (Å²) in [5.41, 5.74) is 5.76. The lowest BCUT2D eigenvalue weighted by Gasteiger charge is -2.19. The molecule has 0 saturated carbocycles. The fourth-order valence-electron chi connectivity index (χ4n) is 4.34. The zero-order valence-corrected chi connectivity index (χ0v) is 17.8. The zero-order chi connectivity index (χ0) is 21.9. The van der Waals surface area contributed by atoms with Gasteiger partial charge in [0.2, 0.25) is 0 Å². The van der Waals surface area contributed by atoms with Crippen molar-refractivity contribution in [3.8, 4) is 11.1 Å². The maximum Gasteiger partial charge on any atom is 0.260 e. The van der Waals surface area contributed by atoms with Gasteiger partial charge in [-0.25, -0.2) is 0 Å². The molecule has 0 atom stereocenters. The van der Waals surface area contributed by atoms with E-state index in [1.54, 1.807) is 12.3 Å². The van der Waals surface area contributed by atoms with Gasteiger partial charge in [-0.1, -0.05) is 48.5 Å². The number of amides is 2. The smallest absolute Gasteiger partial charge is 0.260 e. The second kappa shape index (κ2) is 8.81. The summed E-state index contributed by atoms with van der Waals surface area (Å²) in [4.78, 5) is 27.5. The second-order valence-electron chi connectivity index (χ2n) is 8.29. The first-order chi connectivity index (χ1) is 15.7. The van der Waals surface area contributed by atoms with E-state index in [1.165, 1.54) is 31.5 Å². The number of hydrogen-bond acceptors (Lipinski definition) is 4. The molecule has 3 aromatic rings. The number of anilines is 1. The number of imide groups is 1. The van der Waals surface area contributed by atoms with Crippen molar-refractivity contribution in [2.75, 3.05) is 18.4 Å². The monoisotopic (exact) mass is 423 g/mol. The van der Waals surface area contributed by atoms with Gasteiger partial charge in [-0.2, -0.15) is 0 Å². The molecule has 0 bridgehead atoms. The highest BCUT2D eigenvalue weighted by molar-refractivity contribution is 6.31. The summed E-state index contributed by atoms with van der Waals surface area (Å²) in [5.74, 6) is -0.765. The molecule has 2 aliphatic heterocycles. The van der Waals surface area contributed by atoms with Crippen LogP contribution in [0, 0.1) is 0 Å². The Morgan fingerprint density at radius 3 is 2.31 bits per heavy atom. The summed E-state index contributed by atoms with van der Waals surface area (Å²) in [6.07, 6.45) is 4.25. The van der Waals surface area contributed by atoms with Gasteiger partial charge < -0.3 is 5.32 Å². The molecule has 0 aromatic heterocycles. The molecule has 0 spiro atoms. The minimum Gasteiger partial charge on any atom is -0.361 e. The number of benzene rings is 3. The van der Waals surface area contributed by atoms with Gasteiger partial charge in [0.1, 0.15) is 0 Å².